The zero-order chi connectivity index (χ0) is 21.4. The van der Waals surface area contributed by atoms with Gasteiger partial charge in [0, 0.05) is 12.1 Å². The molecule has 4 unspecified atom stereocenters. The van der Waals surface area contributed by atoms with E-state index in [4.69, 9.17) is 4.74 Å². The molecular formula is C26H23NO3S. The Bertz CT molecular complexity index is 1120. The molecular weight excluding hydrogens is 406 g/mol. The number of thiophene rings is 1. The van der Waals surface area contributed by atoms with Crippen LogP contribution in [0.4, 0.5) is 0 Å². The highest BCUT2D eigenvalue weighted by molar-refractivity contribution is 7.12. The summed E-state index contributed by atoms with van der Waals surface area (Å²) in [4.78, 5) is 29.9. The average molecular weight is 430 g/mol. The van der Waals surface area contributed by atoms with Gasteiger partial charge in [-0.15, -0.1) is 11.3 Å². The molecule has 156 valence electrons. The van der Waals surface area contributed by atoms with Crippen LogP contribution in [0, 0.1) is 5.92 Å². The number of carbonyl (C=O) groups is 2. The molecule has 4 atom stereocenters. The lowest BCUT2D eigenvalue weighted by atomic mass is 9.76. The summed E-state index contributed by atoms with van der Waals surface area (Å²) in [6, 6.07) is 21.0. The zero-order valence-corrected chi connectivity index (χ0v) is 18.0. The van der Waals surface area contributed by atoms with Gasteiger partial charge in [0.25, 0.3) is 0 Å². The Morgan fingerprint density at radius 3 is 2.52 bits per heavy atom. The van der Waals surface area contributed by atoms with Gasteiger partial charge < -0.3 is 9.64 Å². The first-order valence-corrected chi connectivity index (χ1v) is 11.4. The summed E-state index contributed by atoms with van der Waals surface area (Å²) < 4.78 is 5.51. The van der Waals surface area contributed by atoms with Gasteiger partial charge >= 0.3 is 5.97 Å². The van der Waals surface area contributed by atoms with Crippen LogP contribution >= 0.6 is 11.3 Å². The largest absolute Gasteiger partial charge is 0.464 e. The van der Waals surface area contributed by atoms with E-state index >= 15 is 0 Å². The van der Waals surface area contributed by atoms with E-state index in [1.165, 1.54) is 11.3 Å². The molecule has 0 amide bonds. The van der Waals surface area contributed by atoms with E-state index < -0.39 is 12.0 Å². The minimum atomic E-state index is -0.564. The van der Waals surface area contributed by atoms with Gasteiger partial charge in [0.2, 0.25) is 0 Å². The first-order valence-electron chi connectivity index (χ1n) is 10.5. The standard InChI is InChI=1S/C26H23NO3S/c1-2-30-26(29)24-21(18-10-4-3-5-11-18)22(25(28)20-13-8-16-31-20)23-19-12-7-6-9-17(19)14-15-27(23)24/h3-16,21-24H,2H2,1H3. The van der Waals surface area contributed by atoms with Crippen molar-refractivity contribution in [2.45, 2.75) is 24.9 Å². The smallest absolute Gasteiger partial charge is 0.329 e. The van der Waals surface area contributed by atoms with Crippen molar-refractivity contribution in [2.75, 3.05) is 6.61 Å². The van der Waals surface area contributed by atoms with Crippen LogP contribution in [0.15, 0.2) is 78.3 Å². The molecule has 0 spiro atoms. The van der Waals surface area contributed by atoms with Crippen molar-refractivity contribution >= 4 is 29.2 Å². The Morgan fingerprint density at radius 2 is 1.77 bits per heavy atom. The normalized spacial score (nSPS) is 23.8. The van der Waals surface area contributed by atoms with Gasteiger partial charge in [-0.3, -0.25) is 4.79 Å². The summed E-state index contributed by atoms with van der Waals surface area (Å²) in [6.07, 6.45) is 3.99. The summed E-state index contributed by atoms with van der Waals surface area (Å²) in [7, 11) is 0. The average Bonchev–Trinajstić information content (AvgIpc) is 3.46. The molecule has 3 aromatic rings. The number of rotatable bonds is 5. The van der Waals surface area contributed by atoms with E-state index in [-0.39, 0.29) is 23.7 Å². The lowest BCUT2D eigenvalue weighted by Gasteiger charge is -2.33. The maximum absolute atomic E-state index is 13.9. The van der Waals surface area contributed by atoms with Crippen LogP contribution in [-0.2, 0) is 9.53 Å². The van der Waals surface area contributed by atoms with Crippen LogP contribution in [0.25, 0.3) is 6.08 Å². The van der Waals surface area contributed by atoms with Crippen molar-refractivity contribution in [1.29, 1.82) is 0 Å². The fraction of sp³-hybridized carbons (Fsp3) is 0.231. The number of esters is 1. The molecule has 0 radical (unpaired) electrons. The molecule has 1 fully saturated rings. The van der Waals surface area contributed by atoms with E-state index in [0.717, 1.165) is 21.6 Å². The number of hydrogen-bond acceptors (Lipinski definition) is 5. The quantitative estimate of drug-likeness (QED) is 0.408. The first-order chi connectivity index (χ1) is 15.2. The molecule has 5 rings (SSSR count). The van der Waals surface area contributed by atoms with Gasteiger partial charge in [-0.2, -0.15) is 0 Å². The number of carbonyl (C=O) groups excluding carboxylic acids is 2. The molecule has 4 nitrogen and oxygen atoms in total. The van der Waals surface area contributed by atoms with E-state index in [1.54, 1.807) is 0 Å². The van der Waals surface area contributed by atoms with Gasteiger partial charge in [-0.1, -0.05) is 60.7 Å². The molecule has 0 bridgehead atoms. The van der Waals surface area contributed by atoms with Gasteiger partial charge in [0.05, 0.1) is 23.4 Å². The molecule has 5 heteroatoms. The molecule has 0 saturated carbocycles. The molecule has 31 heavy (non-hydrogen) atoms. The second-order valence-corrected chi connectivity index (χ2v) is 8.79. The topological polar surface area (TPSA) is 46.6 Å². The predicted octanol–water partition coefficient (Wildman–Crippen LogP) is 5.30. The zero-order valence-electron chi connectivity index (χ0n) is 17.2. The minimum absolute atomic E-state index is 0.0794. The fourth-order valence-corrected chi connectivity index (χ4v) is 5.74. The molecule has 2 aliphatic heterocycles. The Hall–Kier alpha value is -3.18. The van der Waals surface area contributed by atoms with Crippen LogP contribution in [0.5, 0.6) is 0 Å². The third-order valence-corrected chi connectivity index (χ3v) is 7.11. The Kier molecular flexibility index (Phi) is 5.20. The van der Waals surface area contributed by atoms with E-state index in [0.29, 0.717) is 6.61 Å². The number of ketones is 1. The summed E-state index contributed by atoms with van der Waals surface area (Å²) in [5, 5.41) is 1.93. The molecule has 1 saturated heterocycles. The fourth-order valence-electron chi connectivity index (χ4n) is 5.02. The molecule has 1 aromatic heterocycles. The Labute approximate surface area is 185 Å². The van der Waals surface area contributed by atoms with Crippen LogP contribution < -0.4 is 0 Å². The van der Waals surface area contributed by atoms with Gasteiger partial charge in [-0.05, 0) is 41.1 Å². The number of benzene rings is 2. The van der Waals surface area contributed by atoms with Crippen molar-refractivity contribution in [3.05, 3.63) is 99.9 Å². The number of ether oxygens (including phenoxy) is 1. The highest BCUT2D eigenvalue weighted by atomic mass is 32.1. The second kappa shape index (κ2) is 8.16. The number of fused-ring (bicyclic) bond motifs is 3. The Morgan fingerprint density at radius 1 is 1.00 bits per heavy atom. The van der Waals surface area contributed by atoms with E-state index in [1.807, 2.05) is 84.1 Å². The predicted molar refractivity (Wildman–Crippen MR) is 122 cm³/mol. The molecule has 0 N–H and O–H groups in total. The van der Waals surface area contributed by atoms with Crippen molar-refractivity contribution in [3.63, 3.8) is 0 Å². The minimum Gasteiger partial charge on any atom is -0.464 e. The van der Waals surface area contributed by atoms with Gasteiger partial charge in [-0.25, -0.2) is 4.79 Å². The van der Waals surface area contributed by atoms with Gasteiger partial charge in [0.15, 0.2) is 5.78 Å². The number of nitrogens with zero attached hydrogens (tertiary/aromatic N) is 1. The van der Waals surface area contributed by atoms with Crippen molar-refractivity contribution in [2.24, 2.45) is 5.92 Å². The van der Waals surface area contributed by atoms with Gasteiger partial charge in [0.1, 0.15) is 6.04 Å². The molecule has 0 aliphatic carbocycles. The molecule has 3 heterocycles. The summed E-state index contributed by atoms with van der Waals surface area (Å²) in [5.74, 6) is -0.917. The maximum Gasteiger partial charge on any atom is 0.329 e. The highest BCUT2D eigenvalue weighted by Gasteiger charge is 2.56. The van der Waals surface area contributed by atoms with Crippen LogP contribution in [0.2, 0.25) is 0 Å². The summed E-state index contributed by atoms with van der Waals surface area (Å²) in [6.45, 7) is 2.12. The molecule has 2 aromatic carbocycles. The lowest BCUT2D eigenvalue weighted by Crippen LogP contribution is -2.38. The SMILES string of the molecule is CCOC(=O)C1C(c2ccccc2)C(C(=O)c2cccs2)C2c3ccccc3C=CN12. The van der Waals surface area contributed by atoms with Crippen molar-refractivity contribution < 1.29 is 14.3 Å². The van der Waals surface area contributed by atoms with E-state index in [2.05, 4.69) is 12.1 Å². The van der Waals surface area contributed by atoms with Crippen LogP contribution in [-0.4, -0.2) is 29.3 Å². The first kappa shape index (κ1) is 19.8. The maximum atomic E-state index is 13.9. The highest BCUT2D eigenvalue weighted by Crippen LogP contribution is 2.53. The van der Waals surface area contributed by atoms with Crippen molar-refractivity contribution in [1.82, 2.24) is 4.90 Å². The van der Waals surface area contributed by atoms with E-state index in [9.17, 15) is 9.59 Å². The Balaban J connectivity index is 1.72. The van der Waals surface area contributed by atoms with Crippen LogP contribution in [0.1, 0.15) is 45.2 Å². The third-order valence-electron chi connectivity index (χ3n) is 6.23. The number of hydrogen-bond donors (Lipinski definition) is 0. The summed E-state index contributed by atoms with van der Waals surface area (Å²) in [5.41, 5.74) is 3.15. The monoisotopic (exact) mass is 429 g/mol. The lowest BCUT2D eigenvalue weighted by molar-refractivity contribution is -0.148. The second-order valence-electron chi connectivity index (χ2n) is 7.84. The summed E-state index contributed by atoms with van der Waals surface area (Å²) >= 11 is 1.45. The number of Topliss-reactive ketones (excluding diaryl/α,β-unsaturated/α-hetero) is 1. The van der Waals surface area contributed by atoms with Crippen molar-refractivity contribution in [3.8, 4) is 0 Å². The van der Waals surface area contributed by atoms with Crippen LogP contribution in [0.3, 0.4) is 0 Å². The third kappa shape index (κ3) is 3.29. The molecule has 2 aliphatic rings.